The predicted octanol–water partition coefficient (Wildman–Crippen LogP) is 3.45. The van der Waals surface area contributed by atoms with Crippen LogP contribution in [-0.4, -0.2) is 41.5 Å². The molecular weight excluding hydrogens is 385 g/mol. The first-order valence-electron chi connectivity index (χ1n) is 7.86. The number of hydrogen-bond donors (Lipinski definition) is 1. The minimum Gasteiger partial charge on any atom is -0.481 e. The van der Waals surface area contributed by atoms with Gasteiger partial charge in [0.15, 0.2) is 6.61 Å². The van der Waals surface area contributed by atoms with E-state index < -0.39 is 0 Å². The van der Waals surface area contributed by atoms with E-state index in [1.54, 1.807) is 18.3 Å². The minimum atomic E-state index is -0.0285. The maximum Gasteiger partial charge on any atom is 0.260 e. The van der Waals surface area contributed by atoms with Gasteiger partial charge in [0.05, 0.1) is 5.02 Å². The van der Waals surface area contributed by atoms with Crippen molar-refractivity contribution in [2.45, 2.75) is 25.3 Å². The van der Waals surface area contributed by atoms with Gasteiger partial charge >= 0.3 is 0 Å². The standard InChI is InChI=1S/C17H20ClN3O2.2ClH/c18-14-6-7-15(17-13(14)5-3-8-20-17)23-11-16(22)21-9-2-1-4-12(21)10-19;;/h3,5-8,12H,1-2,4,9-11,19H2;2*1H. The molecule has 1 aromatic carbocycles. The summed E-state index contributed by atoms with van der Waals surface area (Å²) in [6.07, 6.45) is 4.79. The van der Waals surface area contributed by atoms with Crippen molar-refractivity contribution in [1.29, 1.82) is 0 Å². The zero-order valence-electron chi connectivity index (χ0n) is 13.7. The number of nitrogens with two attached hydrogens (primary N) is 1. The predicted molar refractivity (Wildman–Crippen MR) is 105 cm³/mol. The van der Waals surface area contributed by atoms with Crippen LogP contribution in [0.4, 0.5) is 0 Å². The summed E-state index contributed by atoms with van der Waals surface area (Å²) in [5, 5.41) is 1.43. The van der Waals surface area contributed by atoms with Gasteiger partial charge in [-0.2, -0.15) is 0 Å². The fourth-order valence-electron chi connectivity index (χ4n) is 3.02. The number of carbonyl (C=O) groups is 1. The van der Waals surface area contributed by atoms with Gasteiger partial charge in [-0.1, -0.05) is 11.6 Å². The normalized spacial score (nSPS) is 16.7. The Morgan fingerprint density at radius 2 is 2.12 bits per heavy atom. The second-order valence-corrected chi connectivity index (χ2v) is 6.11. The van der Waals surface area contributed by atoms with E-state index in [-0.39, 0.29) is 43.4 Å². The molecule has 138 valence electrons. The molecule has 2 N–H and O–H groups in total. The smallest absolute Gasteiger partial charge is 0.260 e. The largest absolute Gasteiger partial charge is 0.481 e. The minimum absolute atomic E-state index is 0. The van der Waals surface area contributed by atoms with E-state index in [4.69, 9.17) is 22.1 Å². The summed E-state index contributed by atoms with van der Waals surface area (Å²) < 4.78 is 5.73. The second-order valence-electron chi connectivity index (χ2n) is 5.71. The highest BCUT2D eigenvalue weighted by molar-refractivity contribution is 6.35. The third-order valence-electron chi connectivity index (χ3n) is 4.25. The Balaban J connectivity index is 0.00000156. The van der Waals surface area contributed by atoms with Crippen molar-refractivity contribution < 1.29 is 9.53 Å². The molecular formula is C17H22Cl3N3O2. The molecule has 0 saturated carbocycles. The molecule has 0 spiro atoms. The van der Waals surface area contributed by atoms with Gasteiger partial charge in [-0.05, 0) is 43.5 Å². The number of pyridine rings is 1. The lowest BCUT2D eigenvalue weighted by atomic mass is 10.0. The SMILES string of the molecule is Cl.Cl.NCC1CCCCN1C(=O)COc1ccc(Cl)c2cccnc12. The Morgan fingerprint density at radius 1 is 1.32 bits per heavy atom. The second kappa shape index (κ2) is 10.0. The molecule has 1 saturated heterocycles. The topological polar surface area (TPSA) is 68.5 Å². The van der Waals surface area contributed by atoms with Crippen LogP contribution < -0.4 is 10.5 Å². The summed E-state index contributed by atoms with van der Waals surface area (Å²) in [6, 6.07) is 7.34. The lowest BCUT2D eigenvalue weighted by Crippen LogP contribution is -2.49. The summed E-state index contributed by atoms with van der Waals surface area (Å²) in [4.78, 5) is 18.6. The molecule has 1 atom stereocenters. The molecule has 2 aromatic rings. The Kier molecular flexibility index (Phi) is 8.73. The number of rotatable bonds is 4. The first kappa shape index (κ1) is 21.8. The maximum atomic E-state index is 12.4. The van der Waals surface area contributed by atoms with Crippen LogP contribution in [0.3, 0.4) is 0 Å². The molecule has 1 fully saturated rings. The Bertz CT molecular complexity index is 715. The fraction of sp³-hybridized carbons (Fsp3) is 0.412. The van der Waals surface area contributed by atoms with E-state index in [0.717, 1.165) is 31.2 Å². The fourth-order valence-corrected chi connectivity index (χ4v) is 3.24. The van der Waals surface area contributed by atoms with Gasteiger partial charge in [0.2, 0.25) is 0 Å². The van der Waals surface area contributed by atoms with Crippen LogP contribution in [0, 0.1) is 0 Å². The number of likely N-dealkylation sites (tertiary alicyclic amines) is 1. The highest BCUT2D eigenvalue weighted by Gasteiger charge is 2.25. The molecule has 8 heteroatoms. The van der Waals surface area contributed by atoms with Gasteiger partial charge < -0.3 is 15.4 Å². The average Bonchev–Trinajstić information content (AvgIpc) is 2.61. The Labute approximate surface area is 164 Å². The van der Waals surface area contributed by atoms with Gasteiger partial charge in [0.1, 0.15) is 11.3 Å². The van der Waals surface area contributed by atoms with Crippen LogP contribution in [0.1, 0.15) is 19.3 Å². The monoisotopic (exact) mass is 405 g/mol. The van der Waals surface area contributed by atoms with E-state index >= 15 is 0 Å². The zero-order chi connectivity index (χ0) is 16.2. The van der Waals surface area contributed by atoms with E-state index in [1.165, 1.54) is 0 Å². The zero-order valence-corrected chi connectivity index (χ0v) is 16.1. The van der Waals surface area contributed by atoms with Crippen molar-refractivity contribution >= 4 is 53.2 Å². The first-order valence-corrected chi connectivity index (χ1v) is 8.24. The highest BCUT2D eigenvalue weighted by atomic mass is 35.5. The number of benzene rings is 1. The molecule has 25 heavy (non-hydrogen) atoms. The van der Waals surface area contributed by atoms with Gasteiger partial charge in [0, 0.05) is 30.7 Å². The van der Waals surface area contributed by atoms with Crippen molar-refractivity contribution in [3.05, 3.63) is 35.5 Å². The molecule has 1 amide bonds. The number of halogens is 3. The van der Waals surface area contributed by atoms with Crippen LogP contribution in [0.5, 0.6) is 5.75 Å². The lowest BCUT2D eigenvalue weighted by Gasteiger charge is -2.34. The first-order chi connectivity index (χ1) is 11.2. The van der Waals surface area contributed by atoms with E-state index in [2.05, 4.69) is 4.98 Å². The number of ether oxygens (including phenoxy) is 1. The average molecular weight is 407 g/mol. The van der Waals surface area contributed by atoms with Crippen LogP contribution in [-0.2, 0) is 4.79 Å². The van der Waals surface area contributed by atoms with Gasteiger partial charge in [-0.25, -0.2) is 0 Å². The third kappa shape index (κ3) is 4.88. The summed E-state index contributed by atoms with van der Waals surface area (Å²) in [5.74, 6) is 0.541. The molecule has 1 aromatic heterocycles. The number of aromatic nitrogens is 1. The van der Waals surface area contributed by atoms with Crippen molar-refractivity contribution in [3.63, 3.8) is 0 Å². The summed E-state index contributed by atoms with van der Waals surface area (Å²) in [7, 11) is 0. The number of fused-ring (bicyclic) bond motifs is 1. The van der Waals surface area contributed by atoms with Crippen LogP contribution >= 0.6 is 36.4 Å². The molecule has 5 nitrogen and oxygen atoms in total. The summed E-state index contributed by atoms with van der Waals surface area (Å²) >= 11 is 6.17. The number of nitrogens with zero attached hydrogens (tertiary/aromatic N) is 2. The molecule has 1 aliphatic rings. The third-order valence-corrected chi connectivity index (χ3v) is 4.58. The van der Waals surface area contributed by atoms with Crippen LogP contribution in [0.15, 0.2) is 30.5 Å². The number of carbonyl (C=O) groups excluding carboxylic acids is 1. The Hall–Kier alpha value is -1.27. The van der Waals surface area contributed by atoms with Gasteiger partial charge in [0.25, 0.3) is 5.91 Å². The Morgan fingerprint density at radius 3 is 2.88 bits per heavy atom. The van der Waals surface area contributed by atoms with Crippen LogP contribution in [0.25, 0.3) is 10.9 Å². The summed E-state index contributed by atoms with van der Waals surface area (Å²) in [6.45, 7) is 1.24. The maximum absolute atomic E-state index is 12.4. The quantitative estimate of drug-likeness (QED) is 0.844. The molecule has 2 heterocycles. The van der Waals surface area contributed by atoms with Crippen molar-refractivity contribution in [2.24, 2.45) is 5.73 Å². The van der Waals surface area contributed by atoms with Crippen molar-refractivity contribution in [2.75, 3.05) is 19.7 Å². The highest BCUT2D eigenvalue weighted by Crippen LogP contribution is 2.29. The van der Waals surface area contributed by atoms with Crippen LogP contribution in [0.2, 0.25) is 5.02 Å². The van der Waals surface area contributed by atoms with E-state index in [0.29, 0.717) is 22.8 Å². The summed E-state index contributed by atoms with van der Waals surface area (Å²) in [5.41, 5.74) is 6.44. The molecule has 1 aliphatic heterocycles. The molecule has 1 unspecified atom stereocenters. The number of amides is 1. The number of piperidine rings is 1. The molecule has 0 radical (unpaired) electrons. The molecule has 0 bridgehead atoms. The van der Waals surface area contributed by atoms with E-state index in [1.807, 2.05) is 17.0 Å². The van der Waals surface area contributed by atoms with Crippen molar-refractivity contribution in [1.82, 2.24) is 9.88 Å². The lowest BCUT2D eigenvalue weighted by molar-refractivity contribution is -0.136. The molecule has 3 rings (SSSR count). The number of hydrogen-bond acceptors (Lipinski definition) is 4. The van der Waals surface area contributed by atoms with E-state index in [9.17, 15) is 4.79 Å². The van der Waals surface area contributed by atoms with Gasteiger partial charge in [-0.15, -0.1) is 24.8 Å². The molecule has 0 aliphatic carbocycles. The van der Waals surface area contributed by atoms with Crippen molar-refractivity contribution in [3.8, 4) is 5.75 Å². The van der Waals surface area contributed by atoms with Gasteiger partial charge in [-0.3, -0.25) is 9.78 Å².